The van der Waals surface area contributed by atoms with Crippen molar-refractivity contribution in [2.24, 2.45) is 0 Å². The number of hydrogen-bond acceptors (Lipinski definition) is 0. The first kappa shape index (κ1) is 7.33. The molecule has 52 valence electrons. The van der Waals surface area contributed by atoms with Crippen LogP contribution in [0.1, 0.15) is 18.9 Å². The molecule has 2 radical (unpaired) electrons. The molecular weight excluding hydrogens is 120 g/mol. The minimum absolute atomic E-state index is 0.893. The van der Waals surface area contributed by atoms with Gasteiger partial charge in [-0.1, -0.05) is 44.2 Å². The largest absolute Gasteiger partial charge is 0.0622 e. The highest BCUT2D eigenvalue weighted by atomic mass is 14.0. The van der Waals surface area contributed by atoms with E-state index in [4.69, 9.17) is 0 Å². The first-order chi connectivity index (χ1) is 4.84. The van der Waals surface area contributed by atoms with Crippen molar-refractivity contribution in [2.75, 3.05) is 0 Å². The molecule has 0 amide bonds. The first-order valence-electron chi connectivity index (χ1n) is 3.51. The average molecular weight is 132 g/mol. The second-order valence-corrected chi connectivity index (χ2v) is 2.40. The minimum Gasteiger partial charge on any atom is -0.0622 e. The van der Waals surface area contributed by atoms with E-state index >= 15 is 0 Å². The molecule has 0 aliphatic rings. The summed E-state index contributed by atoms with van der Waals surface area (Å²) in [5, 5.41) is 0. The maximum Gasteiger partial charge on any atom is 0.00189 e. The molecule has 10 heavy (non-hydrogen) atoms. The highest BCUT2D eigenvalue weighted by molar-refractivity contribution is 5.28. The first-order valence-corrected chi connectivity index (χ1v) is 3.51. The molecule has 0 N–H and O–H groups in total. The smallest absolute Gasteiger partial charge is 0.00189 e. The van der Waals surface area contributed by atoms with Crippen molar-refractivity contribution < 1.29 is 0 Å². The molecule has 0 bridgehead atoms. The van der Waals surface area contributed by atoms with Crippen LogP contribution in [0.2, 0.25) is 0 Å². The predicted molar refractivity (Wildman–Crippen MR) is 44.4 cm³/mol. The second kappa shape index (κ2) is 3.40. The van der Waals surface area contributed by atoms with Crippen LogP contribution in [0.4, 0.5) is 0 Å². The minimum atomic E-state index is 0.893. The molecule has 0 aliphatic carbocycles. The van der Waals surface area contributed by atoms with E-state index in [-0.39, 0.29) is 0 Å². The van der Waals surface area contributed by atoms with Crippen LogP contribution in [0.15, 0.2) is 30.3 Å². The van der Waals surface area contributed by atoms with Gasteiger partial charge in [-0.05, 0) is 12.0 Å². The topological polar surface area (TPSA) is 0 Å². The average Bonchev–Trinajstić information content (AvgIpc) is 2.05. The van der Waals surface area contributed by atoms with Crippen LogP contribution in [0.25, 0.3) is 0 Å². The highest BCUT2D eigenvalue weighted by Crippen LogP contribution is 2.15. The predicted octanol–water partition coefficient (Wildman–Crippen LogP) is 2.85. The summed E-state index contributed by atoms with van der Waals surface area (Å²) in [5.41, 5.74) is 1.30. The van der Waals surface area contributed by atoms with Gasteiger partial charge in [-0.2, -0.15) is 0 Å². The highest BCUT2D eigenvalue weighted by Gasteiger charge is 1.99. The van der Waals surface area contributed by atoms with E-state index < -0.39 is 0 Å². The van der Waals surface area contributed by atoms with Gasteiger partial charge in [0.05, 0.1) is 0 Å². The Balaban J connectivity index is 2.75. The normalized spacial score (nSPS) is 10.3. The fourth-order valence-electron chi connectivity index (χ4n) is 0.867. The lowest BCUT2D eigenvalue weighted by atomic mass is 9.99. The van der Waals surface area contributed by atoms with Crippen molar-refractivity contribution in [1.82, 2.24) is 0 Å². The second-order valence-electron chi connectivity index (χ2n) is 2.40. The Morgan fingerprint density at radius 1 is 1.30 bits per heavy atom. The molecule has 0 saturated heterocycles. The van der Waals surface area contributed by atoms with Crippen LogP contribution in [0.5, 0.6) is 0 Å². The van der Waals surface area contributed by atoms with E-state index in [9.17, 15) is 0 Å². The Bertz CT molecular complexity index is 176. The lowest BCUT2D eigenvalue weighted by Crippen LogP contribution is -1.90. The van der Waals surface area contributed by atoms with Gasteiger partial charge >= 0.3 is 0 Å². The van der Waals surface area contributed by atoms with E-state index in [0.29, 0.717) is 0 Å². The van der Waals surface area contributed by atoms with Crippen LogP contribution in [-0.4, -0.2) is 0 Å². The molecule has 1 aromatic carbocycles. The lowest BCUT2D eigenvalue weighted by molar-refractivity contribution is 1.03. The molecule has 0 spiro atoms. The van der Waals surface area contributed by atoms with Gasteiger partial charge in [0, 0.05) is 5.92 Å². The summed E-state index contributed by atoms with van der Waals surface area (Å²) in [7, 11) is 0. The molecule has 0 heteroatoms. The fraction of sp³-hybridized carbons (Fsp3) is 0.200. The van der Waals surface area contributed by atoms with Gasteiger partial charge in [0.25, 0.3) is 0 Å². The molecule has 1 rings (SSSR count). The van der Waals surface area contributed by atoms with E-state index in [1.54, 1.807) is 0 Å². The third-order valence-electron chi connectivity index (χ3n) is 1.64. The Kier molecular flexibility index (Phi) is 2.49. The van der Waals surface area contributed by atoms with Crippen molar-refractivity contribution in [3.05, 3.63) is 48.7 Å². The quantitative estimate of drug-likeness (QED) is 0.580. The van der Waals surface area contributed by atoms with Crippen LogP contribution in [0, 0.1) is 12.8 Å². The number of benzene rings is 1. The molecule has 0 saturated carbocycles. The molecule has 0 aliphatic heterocycles. The third-order valence-corrected chi connectivity index (χ3v) is 1.64. The summed E-state index contributed by atoms with van der Waals surface area (Å²) in [6, 6.07) is 10.4. The van der Waals surface area contributed by atoms with E-state index in [0.717, 1.165) is 6.42 Å². The zero-order valence-electron chi connectivity index (χ0n) is 6.30. The standard InChI is InChI=1S/C10H12/c1-3-9(2)10-7-5-4-6-8-10/h4-8H,1,3H2,2H3. The monoisotopic (exact) mass is 132 g/mol. The van der Waals surface area contributed by atoms with Gasteiger partial charge in [0.15, 0.2) is 0 Å². The maximum atomic E-state index is 3.82. The summed E-state index contributed by atoms with van der Waals surface area (Å²) in [6.07, 6.45) is 0.893. The molecule has 0 heterocycles. The fourth-order valence-corrected chi connectivity index (χ4v) is 0.867. The zero-order valence-corrected chi connectivity index (χ0v) is 6.30. The number of rotatable bonds is 2. The molecule has 0 fully saturated rings. The van der Waals surface area contributed by atoms with E-state index in [1.165, 1.54) is 11.5 Å². The maximum absolute atomic E-state index is 3.82. The summed E-state index contributed by atoms with van der Waals surface area (Å²) < 4.78 is 0. The van der Waals surface area contributed by atoms with Crippen LogP contribution >= 0.6 is 0 Å². The van der Waals surface area contributed by atoms with Crippen molar-refractivity contribution in [3.8, 4) is 0 Å². The molecule has 0 unspecified atom stereocenters. The van der Waals surface area contributed by atoms with Crippen molar-refractivity contribution in [2.45, 2.75) is 13.3 Å². The SMILES string of the molecule is [CH2]C[C](C)c1ccccc1. The summed E-state index contributed by atoms with van der Waals surface area (Å²) >= 11 is 0. The molecular formula is C10H12. The summed E-state index contributed by atoms with van der Waals surface area (Å²) in [5.74, 6) is 1.35. The number of hydrogen-bond donors (Lipinski definition) is 0. The Morgan fingerprint density at radius 3 is 2.40 bits per heavy atom. The summed E-state index contributed by atoms with van der Waals surface area (Å²) in [6.45, 7) is 5.94. The van der Waals surface area contributed by atoms with Crippen molar-refractivity contribution in [3.63, 3.8) is 0 Å². The Hall–Kier alpha value is -0.780. The lowest BCUT2D eigenvalue weighted by Gasteiger charge is -2.05. The van der Waals surface area contributed by atoms with E-state index in [1.807, 2.05) is 6.07 Å². The van der Waals surface area contributed by atoms with Gasteiger partial charge < -0.3 is 0 Å². The van der Waals surface area contributed by atoms with Gasteiger partial charge in [-0.25, -0.2) is 0 Å². The van der Waals surface area contributed by atoms with E-state index in [2.05, 4.69) is 38.1 Å². The zero-order chi connectivity index (χ0) is 7.40. The van der Waals surface area contributed by atoms with Gasteiger partial charge in [-0.3, -0.25) is 0 Å². The van der Waals surface area contributed by atoms with Crippen LogP contribution in [-0.2, 0) is 0 Å². The van der Waals surface area contributed by atoms with Crippen molar-refractivity contribution >= 4 is 0 Å². The molecule has 0 atom stereocenters. The summed E-state index contributed by atoms with van der Waals surface area (Å²) in [4.78, 5) is 0. The van der Waals surface area contributed by atoms with Gasteiger partial charge in [0.1, 0.15) is 0 Å². The van der Waals surface area contributed by atoms with Crippen molar-refractivity contribution in [1.29, 1.82) is 0 Å². The van der Waals surface area contributed by atoms with Crippen LogP contribution in [0.3, 0.4) is 0 Å². The van der Waals surface area contributed by atoms with Gasteiger partial charge in [-0.15, -0.1) is 0 Å². The van der Waals surface area contributed by atoms with Gasteiger partial charge in [0.2, 0.25) is 0 Å². The van der Waals surface area contributed by atoms with Crippen LogP contribution < -0.4 is 0 Å². The molecule has 0 aromatic heterocycles. The Labute approximate surface area is 62.9 Å². The third kappa shape index (κ3) is 1.60. The Morgan fingerprint density at radius 2 is 1.90 bits per heavy atom. The molecule has 0 nitrogen and oxygen atoms in total. The molecule has 1 aromatic rings.